The van der Waals surface area contributed by atoms with E-state index in [0.29, 0.717) is 24.8 Å². The molecular formula is C20H24N4O3S. The average molecular weight is 401 g/mol. The lowest BCUT2D eigenvalue weighted by molar-refractivity contribution is -0.124. The number of carbonyl (C=O) groups excluding carboxylic acids is 2. The highest BCUT2D eigenvalue weighted by atomic mass is 32.1. The fourth-order valence-electron chi connectivity index (χ4n) is 3.50. The van der Waals surface area contributed by atoms with Crippen molar-refractivity contribution in [2.45, 2.75) is 31.9 Å². The summed E-state index contributed by atoms with van der Waals surface area (Å²) in [7, 11) is 1.80. The van der Waals surface area contributed by atoms with Crippen LogP contribution in [0.4, 0.5) is 10.8 Å². The second kappa shape index (κ2) is 8.38. The van der Waals surface area contributed by atoms with Gasteiger partial charge in [-0.2, -0.15) is 0 Å². The summed E-state index contributed by atoms with van der Waals surface area (Å²) in [6.45, 7) is 2.47. The van der Waals surface area contributed by atoms with E-state index in [2.05, 4.69) is 15.2 Å². The molecule has 2 aliphatic rings. The SMILES string of the molecule is CN(C(=O)CN1CCc2nc(NC(=O)C3CCCO3)sc2C1)c1ccccc1. The van der Waals surface area contributed by atoms with Gasteiger partial charge in [0.2, 0.25) is 5.91 Å². The number of nitrogens with zero attached hydrogens (tertiary/aromatic N) is 3. The number of fused-ring (bicyclic) bond motifs is 1. The number of hydrogen-bond acceptors (Lipinski definition) is 6. The minimum absolute atomic E-state index is 0.0612. The third kappa shape index (κ3) is 4.24. The summed E-state index contributed by atoms with van der Waals surface area (Å²) in [5.74, 6) is -0.0498. The molecule has 0 bridgehead atoms. The maximum Gasteiger partial charge on any atom is 0.255 e. The Labute approximate surface area is 168 Å². The monoisotopic (exact) mass is 400 g/mol. The number of amides is 2. The van der Waals surface area contributed by atoms with E-state index in [1.165, 1.54) is 11.3 Å². The van der Waals surface area contributed by atoms with E-state index in [1.807, 2.05) is 30.3 Å². The molecule has 1 saturated heterocycles. The molecule has 2 amide bonds. The van der Waals surface area contributed by atoms with Crippen LogP contribution in [0.2, 0.25) is 0 Å². The molecule has 3 heterocycles. The van der Waals surface area contributed by atoms with Crippen LogP contribution in [-0.2, 0) is 27.3 Å². The van der Waals surface area contributed by atoms with Gasteiger partial charge >= 0.3 is 0 Å². The van der Waals surface area contributed by atoms with Gasteiger partial charge in [0, 0.05) is 43.7 Å². The summed E-state index contributed by atoms with van der Waals surface area (Å²) >= 11 is 1.49. The predicted octanol–water partition coefficient (Wildman–Crippen LogP) is 2.28. The van der Waals surface area contributed by atoms with Gasteiger partial charge in [0.05, 0.1) is 12.2 Å². The Hall–Kier alpha value is -2.29. The number of ether oxygens (including phenoxy) is 1. The van der Waals surface area contributed by atoms with Crippen molar-refractivity contribution in [3.63, 3.8) is 0 Å². The van der Waals surface area contributed by atoms with Gasteiger partial charge in [0.1, 0.15) is 6.10 Å². The number of anilines is 2. The molecule has 1 fully saturated rings. The summed E-state index contributed by atoms with van der Waals surface area (Å²) in [6, 6.07) is 9.65. The van der Waals surface area contributed by atoms with Crippen molar-refractivity contribution in [3.05, 3.63) is 40.9 Å². The van der Waals surface area contributed by atoms with Crippen LogP contribution >= 0.6 is 11.3 Å². The number of hydrogen-bond donors (Lipinski definition) is 1. The van der Waals surface area contributed by atoms with Crippen molar-refractivity contribution < 1.29 is 14.3 Å². The van der Waals surface area contributed by atoms with Crippen LogP contribution < -0.4 is 10.2 Å². The summed E-state index contributed by atoms with van der Waals surface area (Å²) in [6.07, 6.45) is 2.11. The van der Waals surface area contributed by atoms with Gasteiger partial charge in [-0.05, 0) is 25.0 Å². The molecule has 1 atom stereocenters. The van der Waals surface area contributed by atoms with Gasteiger partial charge in [-0.25, -0.2) is 4.98 Å². The number of rotatable bonds is 5. The van der Waals surface area contributed by atoms with Crippen LogP contribution in [0, 0.1) is 0 Å². The Morgan fingerprint density at radius 3 is 2.93 bits per heavy atom. The fraction of sp³-hybridized carbons (Fsp3) is 0.450. The van der Waals surface area contributed by atoms with Gasteiger partial charge in [0.25, 0.3) is 5.91 Å². The van der Waals surface area contributed by atoms with E-state index in [4.69, 9.17) is 4.74 Å². The lowest BCUT2D eigenvalue weighted by Crippen LogP contribution is -2.40. The molecule has 0 saturated carbocycles. The Morgan fingerprint density at radius 1 is 1.36 bits per heavy atom. The molecule has 8 heteroatoms. The predicted molar refractivity (Wildman–Crippen MR) is 109 cm³/mol. The highest BCUT2D eigenvalue weighted by Crippen LogP contribution is 2.29. The first kappa shape index (κ1) is 19.0. The summed E-state index contributed by atoms with van der Waals surface area (Å²) in [5, 5.41) is 3.51. The largest absolute Gasteiger partial charge is 0.368 e. The molecule has 28 heavy (non-hydrogen) atoms. The molecule has 0 aliphatic carbocycles. The van der Waals surface area contributed by atoms with E-state index in [1.54, 1.807) is 11.9 Å². The van der Waals surface area contributed by atoms with Gasteiger partial charge in [-0.1, -0.05) is 18.2 Å². The second-order valence-electron chi connectivity index (χ2n) is 7.13. The maximum atomic E-state index is 12.6. The lowest BCUT2D eigenvalue weighted by Gasteiger charge is -2.27. The molecule has 4 rings (SSSR count). The van der Waals surface area contributed by atoms with Crippen molar-refractivity contribution in [2.75, 3.05) is 37.0 Å². The third-order valence-corrected chi connectivity index (χ3v) is 6.14. The number of carbonyl (C=O) groups is 2. The van der Waals surface area contributed by atoms with E-state index in [9.17, 15) is 9.59 Å². The van der Waals surface area contributed by atoms with Crippen LogP contribution in [-0.4, -0.2) is 54.5 Å². The first-order valence-corrected chi connectivity index (χ1v) is 10.4. The fourth-order valence-corrected chi connectivity index (χ4v) is 4.55. The van der Waals surface area contributed by atoms with Gasteiger partial charge < -0.3 is 9.64 Å². The first-order valence-electron chi connectivity index (χ1n) is 9.55. The Kier molecular flexibility index (Phi) is 5.70. The first-order chi connectivity index (χ1) is 13.6. The van der Waals surface area contributed by atoms with Crippen molar-refractivity contribution >= 4 is 34.0 Å². The molecule has 1 unspecified atom stereocenters. The molecular weight excluding hydrogens is 376 g/mol. The topological polar surface area (TPSA) is 74.8 Å². The van der Waals surface area contributed by atoms with E-state index in [-0.39, 0.29) is 17.9 Å². The zero-order chi connectivity index (χ0) is 19.5. The standard InChI is InChI=1S/C20H24N4O3S/c1-23(14-6-3-2-4-7-14)18(25)13-24-10-9-15-17(12-24)28-20(21-15)22-19(26)16-8-5-11-27-16/h2-4,6-7,16H,5,8-13H2,1H3,(H,21,22,26). The summed E-state index contributed by atoms with van der Waals surface area (Å²) in [4.78, 5) is 34.3. The summed E-state index contributed by atoms with van der Waals surface area (Å²) in [5.41, 5.74) is 1.91. The minimum Gasteiger partial charge on any atom is -0.368 e. The summed E-state index contributed by atoms with van der Waals surface area (Å²) < 4.78 is 5.42. The Bertz CT molecular complexity index is 848. The van der Waals surface area contributed by atoms with Gasteiger partial charge in [-0.15, -0.1) is 11.3 Å². The molecule has 7 nitrogen and oxygen atoms in total. The maximum absolute atomic E-state index is 12.6. The number of nitrogens with one attached hydrogen (secondary N) is 1. The number of thiazole rings is 1. The number of likely N-dealkylation sites (N-methyl/N-ethyl adjacent to an activating group) is 1. The van der Waals surface area contributed by atoms with Crippen LogP contribution in [0.5, 0.6) is 0 Å². The lowest BCUT2D eigenvalue weighted by atomic mass is 10.2. The number of benzene rings is 1. The molecule has 2 aliphatic heterocycles. The van der Waals surface area contributed by atoms with Crippen molar-refractivity contribution in [2.24, 2.45) is 0 Å². The molecule has 2 aromatic rings. The van der Waals surface area contributed by atoms with Gasteiger partial charge in [-0.3, -0.25) is 19.8 Å². The Morgan fingerprint density at radius 2 is 2.18 bits per heavy atom. The molecule has 0 radical (unpaired) electrons. The smallest absolute Gasteiger partial charge is 0.255 e. The van der Waals surface area contributed by atoms with Crippen LogP contribution in [0.25, 0.3) is 0 Å². The normalized spacial score (nSPS) is 19.2. The highest BCUT2D eigenvalue weighted by Gasteiger charge is 2.27. The quantitative estimate of drug-likeness (QED) is 0.834. The second-order valence-corrected chi connectivity index (χ2v) is 8.21. The van der Waals surface area contributed by atoms with Crippen molar-refractivity contribution in [1.29, 1.82) is 0 Å². The molecule has 1 N–H and O–H groups in total. The highest BCUT2D eigenvalue weighted by molar-refractivity contribution is 7.15. The van der Waals surface area contributed by atoms with E-state index >= 15 is 0 Å². The van der Waals surface area contributed by atoms with Crippen molar-refractivity contribution in [3.8, 4) is 0 Å². The number of aromatic nitrogens is 1. The number of para-hydroxylation sites is 1. The molecule has 148 valence electrons. The third-order valence-electron chi connectivity index (χ3n) is 5.14. The van der Waals surface area contributed by atoms with E-state index in [0.717, 1.165) is 42.1 Å². The molecule has 0 spiro atoms. The zero-order valence-corrected chi connectivity index (χ0v) is 16.7. The molecule has 1 aromatic heterocycles. The van der Waals surface area contributed by atoms with E-state index < -0.39 is 0 Å². The Balaban J connectivity index is 1.35. The van der Waals surface area contributed by atoms with Crippen LogP contribution in [0.3, 0.4) is 0 Å². The zero-order valence-electron chi connectivity index (χ0n) is 15.9. The minimum atomic E-state index is -0.358. The van der Waals surface area contributed by atoms with Crippen molar-refractivity contribution in [1.82, 2.24) is 9.88 Å². The average Bonchev–Trinajstić information content (AvgIpc) is 3.37. The van der Waals surface area contributed by atoms with Crippen LogP contribution in [0.15, 0.2) is 30.3 Å². The van der Waals surface area contributed by atoms with Gasteiger partial charge in [0.15, 0.2) is 5.13 Å². The molecule has 1 aromatic carbocycles. The van der Waals surface area contributed by atoms with Crippen LogP contribution in [0.1, 0.15) is 23.4 Å².